The van der Waals surface area contributed by atoms with Crippen LogP contribution in [0.4, 0.5) is 0 Å². The molecule has 0 fully saturated rings. The number of fused-ring (bicyclic) bond motifs is 1. The fourth-order valence-corrected chi connectivity index (χ4v) is 3.17. The van der Waals surface area contributed by atoms with Crippen molar-refractivity contribution in [2.45, 2.75) is 6.54 Å². The van der Waals surface area contributed by atoms with Crippen LogP contribution < -0.4 is 10.1 Å². The molecule has 1 amide bonds. The topological polar surface area (TPSA) is 43.3 Å². The summed E-state index contributed by atoms with van der Waals surface area (Å²) in [5.41, 5.74) is 2.78. The molecule has 0 aliphatic heterocycles. The van der Waals surface area contributed by atoms with Crippen LogP contribution in [0.2, 0.25) is 0 Å². The van der Waals surface area contributed by atoms with E-state index in [1.54, 1.807) is 18.4 Å². The molecular formula is C16H16N2O2S. The number of rotatable bonds is 4. The minimum atomic E-state index is -0.0660. The molecule has 0 aliphatic rings. The Balaban J connectivity index is 1.74. The third kappa shape index (κ3) is 2.64. The molecule has 2 heterocycles. The van der Waals surface area contributed by atoms with Gasteiger partial charge in [-0.05, 0) is 35.2 Å². The monoisotopic (exact) mass is 300 g/mol. The van der Waals surface area contributed by atoms with Gasteiger partial charge in [0.1, 0.15) is 11.4 Å². The van der Waals surface area contributed by atoms with E-state index in [0.717, 1.165) is 21.5 Å². The molecule has 3 rings (SSSR count). The van der Waals surface area contributed by atoms with Crippen LogP contribution in [0.25, 0.3) is 10.2 Å². The van der Waals surface area contributed by atoms with E-state index in [1.807, 2.05) is 53.4 Å². The summed E-state index contributed by atoms with van der Waals surface area (Å²) >= 11 is 1.64. The Morgan fingerprint density at radius 3 is 2.95 bits per heavy atom. The largest absolute Gasteiger partial charge is 0.497 e. The van der Waals surface area contributed by atoms with E-state index in [-0.39, 0.29) is 5.91 Å². The van der Waals surface area contributed by atoms with Gasteiger partial charge in [-0.2, -0.15) is 0 Å². The summed E-state index contributed by atoms with van der Waals surface area (Å²) in [4.78, 5) is 12.3. The second-order valence-electron chi connectivity index (χ2n) is 4.79. The van der Waals surface area contributed by atoms with Crippen LogP contribution in [0.5, 0.6) is 5.75 Å². The van der Waals surface area contributed by atoms with Crippen LogP contribution in [-0.2, 0) is 13.6 Å². The lowest BCUT2D eigenvalue weighted by atomic mass is 10.2. The number of carbonyl (C=O) groups excluding carboxylic acids is 1. The lowest BCUT2D eigenvalue weighted by Gasteiger charge is -2.08. The number of hydrogen-bond donors (Lipinski definition) is 1. The molecule has 0 radical (unpaired) electrons. The Labute approximate surface area is 127 Å². The standard InChI is InChI=1S/C16H16N2O2S/c1-18-13-6-7-21-15(13)9-14(18)16(19)17-10-11-4-3-5-12(8-11)20-2/h3-9H,10H2,1-2H3,(H,17,19). The van der Waals surface area contributed by atoms with Gasteiger partial charge in [-0.3, -0.25) is 4.79 Å². The van der Waals surface area contributed by atoms with E-state index in [1.165, 1.54) is 0 Å². The molecule has 0 saturated carbocycles. The minimum absolute atomic E-state index is 0.0660. The lowest BCUT2D eigenvalue weighted by Crippen LogP contribution is -2.24. The summed E-state index contributed by atoms with van der Waals surface area (Å²) in [6.07, 6.45) is 0. The number of methoxy groups -OCH3 is 1. The maximum absolute atomic E-state index is 12.3. The van der Waals surface area contributed by atoms with Crippen molar-refractivity contribution in [1.82, 2.24) is 9.88 Å². The first-order valence-corrected chi connectivity index (χ1v) is 7.51. The summed E-state index contributed by atoms with van der Waals surface area (Å²) in [7, 11) is 3.55. The van der Waals surface area contributed by atoms with E-state index in [4.69, 9.17) is 4.74 Å². The second kappa shape index (κ2) is 5.61. The van der Waals surface area contributed by atoms with Gasteiger partial charge in [0.25, 0.3) is 5.91 Å². The molecule has 0 bridgehead atoms. The number of ether oxygens (including phenoxy) is 1. The zero-order valence-corrected chi connectivity index (χ0v) is 12.7. The van der Waals surface area contributed by atoms with Crippen molar-refractivity contribution < 1.29 is 9.53 Å². The van der Waals surface area contributed by atoms with E-state index >= 15 is 0 Å². The Morgan fingerprint density at radius 2 is 2.19 bits per heavy atom. The molecule has 0 spiro atoms. The number of thiophene rings is 1. The van der Waals surface area contributed by atoms with Crippen molar-refractivity contribution in [2.75, 3.05) is 7.11 Å². The highest BCUT2D eigenvalue weighted by Crippen LogP contribution is 2.24. The number of amides is 1. The molecule has 4 nitrogen and oxygen atoms in total. The third-order valence-corrected chi connectivity index (χ3v) is 4.34. The van der Waals surface area contributed by atoms with Crippen molar-refractivity contribution in [3.05, 3.63) is 53.0 Å². The molecule has 1 aromatic carbocycles. The van der Waals surface area contributed by atoms with Gasteiger partial charge in [-0.25, -0.2) is 0 Å². The fraction of sp³-hybridized carbons (Fsp3) is 0.188. The highest BCUT2D eigenvalue weighted by atomic mass is 32.1. The first-order valence-electron chi connectivity index (χ1n) is 6.63. The third-order valence-electron chi connectivity index (χ3n) is 3.48. The smallest absolute Gasteiger partial charge is 0.268 e. The Morgan fingerprint density at radius 1 is 1.33 bits per heavy atom. The second-order valence-corrected chi connectivity index (χ2v) is 5.74. The van der Waals surface area contributed by atoms with Crippen molar-refractivity contribution in [2.24, 2.45) is 7.05 Å². The van der Waals surface area contributed by atoms with Gasteiger partial charge in [0, 0.05) is 13.6 Å². The molecule has 1 N–H and O–H groups in total. The van der Waals surface area contributed by atoms with Gasteiger partial charge in [-0.1, -0.05) is 12.1 Å². The van der Waals surface area contributed by atoms with Crippen molar-refractivity contribution in [3.8, 4) is 5.75 Å². The van der Waals surface area contributed by atoms with Crippen molar-refractivity contribution in [1.29, 1.82) is 0 Å². The van der Waals surface area contributed by atoms with E-state index in [2.05, 4.69) is 5.32 Å². The quantitative estimate of drug-likeness (QED) is 0.804. The van der Waals surface area contributed by atoms with E-state index < -0.39 is 0 Å². The normalized spacial score (nSPS) is 10.8. The number of nitrogens with zero attached hydrogens (tertiary/aromatic N) is 1. The molecule has 108 valence electrons. The molecule has 21 heavy (non-hydrogen) atoms. The minimum Gasteiger partial charge on any atom is -0.497 e. The van der Waals surface area contributed by atoms with E-state index in [0.29, 0.717) is 12.2 Å². The average Bonchev–Trinajstić information content (AvgIpc) is 3.08. The molecule has 3 aromatic rings. The highest BCUT2D eigenvalue weighted by molar-refractivity contribution is 7.17. The lowest BCUT2D eigenvalue weighted by molar-refractivity contribution is 0.0943. The van der Waals surface area contributed by atoms with E-state index in [9.17, 15) is 4.79 Å². The Kier molecular flexibility index (Phi) is 3.66. The summed E-state index contributed by atoms with van der Waals surface area (Å²) < 4.78 is 8.23. The van der Waals surface area contributed by atoms with Gasteiger partial charge < -0.3 is 14.6 Å². The summed E-state index contributed by atoms with van der Waals surface area (Å²) in [6.45, 7) is 0.481. The van der Waals surface area contributed by atoms with Crippen LogP contribution in [0.1, 0.15) is 16.1 Å². The van der Waals surface area contributed by atoms with Gasteiger partial charge in [0.15, 0.2) is 0 Å². The Bertz CT molecular complexity index is 789. The fourth-order valence-electron chi connectivity index (χ4n) is 2.32. The zero-order valence-electron chi connectivity index (χ0n) is 11.9. The van der Waals surface area contributed by atoms with Crippen LogP contribution in [0.15, 0.2) is 41.8 Å². The molecule has 5 heteroatoms. The summed E-state index contributed by atoms with van der Waals surface area (Å²) in [5, 5.41) is 4.98. The maximum Gasteiger partial charge on any atom is 0.268 e. The van der Waals surface area contributed by atoms with Crippen molar-refractivity contribution >= 4 is 27.5 Å². The highest BCUT2D eigenvalue weighted by Gasteiger charge is 2.13. The molecule has 0 aliphatic carbocycles. The van der Waals surface area contributed by atoms with Gasteiger partial charge >= 0.3 is 0 Å². The molecule has 0 saturated heterocycles. The number of nitrogens with one attached hydrogen (secondary N) is 1. The first-order chi connectivity index (χ1) is 10.2. The Hall–Kier alpha value is -2.27. The van der Waals surface area contributed by atoms with Gasteiger partial charge in [-0.15, -0.1) is 11.3 Å². The van der Waals surface area contributed by atoms with Gasteiger partial charge in [0.05, 0.1) is 17.3 Å². The maximum atomic E-state index is 12.3. The van der Waals surface area contributed by atoms with Crippen LogP contribution in [-0.4, -0.2) is 17.6 Å². The SMILES string of the molecule is COc1cccc(CNC(=O)c2cc3sccc3n2C)c1. The van der Waals surface area contributed by atoms with Crippen LogP contribution >= 0.6 is 11.3 Å². The summed E-state index contributed by atoms with van der Waals surface area (Å²) in [5.74, 6) is 0.727. The molecule has 0 unspecified atom stereocenters. The zero-order chi connectivity index (χ0) is 14.8. The number of benzene rings is 1. The number of aromatic nitrogens is 1. The number of aryl methyl sites for hydroxylation is 1. The summed E-state index contributed by atoms with van der Waals surface area (Å²) in [6, 6.07) is 11.6. The molecule has 2 aromatic heterocycles. The predicted molar refractivity (Wildman–Crippen MR) is 85.0 cm³/mol. The predicted octanol–water partition coefficient (Wildman–Crippen LogP) is 3.18. The van der Waals surface area contributed by atoms with Crippen LogP contribution in [0.3, 0.4) is 0 Å². The van der Waals surface area contributed by atoms with Crippen molar-refractivity contribution in [3.63, 3.8) is 0 Å². The van der Waals surface area contributed by atoms with Crippen LogP contribution in [0, 0.1) is 0 Å². The first kappa shape index (κ1) is 13.7. The number of carbonyl (C=O) groups is 1. The molecular weight excluding hydrogens is 284 g/mol. The average molecular weight is 300 g/mol. The molecule has 0 atom stereocenters. The number of hydrogen-bond acceptors (Lipinski definition) is 3. The van der Waals surface area contributed by atoms with Gasteiger partial charge in [0.2, 0.25) is 0 Å².